The van der Waals surface area contributed by atoms with E-state index in [-0.39, 0.29) is 49.8 Å². The summed E-state index contributed by atoms with van der Waals surface area (Å²) in [4.78, 5) is 12.1. The highest BCUT2D eigenvalue weighted by atomic mass is 16.7. The van der Waals surface area contributed by atoms with Crippen LogP contribution in [0.4, 0.5) is 4.79 Å². The molecule has 0 radical (unpaired) electrons. The van der Waals surface area contributed by atoms with Crippen molar-refractivity contribution in [3.05, 3.63) is 0 Å². The van der Waals surface area contributed by atoms with Gasteiger partial charge >= 0.3 is 6.16 Å². The molecule has 0 heterocycles. The molecular formula is C29H58O11. The molecule has 0 bridgehead atoms. The van der Waals surface area contributed by atoms with Crippen molar-refractivity contribution in [3.63, 3.8) is 0 Å². The third-order valence-corrected chi connectivity index (χ3v) is 5.40. The van der Waals surface area contributed by atoms with Crippen LogP contribution in [0.3, 0.4) is 0 Å². The molecule has 0 aromatic carbocycles. The number of carbonyl (C=O) groups excluding carboxylic acids is 1. The lowest BCUT2D eigenvalue weighted by Crippen LogP contribution is -2.31. The van der Waals surface area contributed by atoms with E-state index in [1.54, 1.807) is 13.8 Å². The minimum atomic E-state index is -0.765. The zero-order valence-corrected chi connectivity index (χ0v) is 26.7. The normalized spacial score (nSPS) is 17.9. The molecule has 8 unspecified atom stereocenters. The number of carbonyl (C=O) groups is 1. The molecule has 0 aliphatic rings. The highest BCUT2D eigenvalue weighted by Gasteiger charge is 2.18. The number of hydrogen-bond donors (Lipinski definition) is 0. The van der Waals surface area contributed by atoms with Crippen LogP contribution in [0, 0.1) is 0 Å². The van der Waals surface area contributed by atoms with Crippen molar-refractivity contribution >= 4 is 6.16 Å². The Hall–Kier alpha value is -1.05. The fourth-order valence-electron chi connectivity index (χ4n) is 3.08. The van der Waals surface area contributed by atoms with E-state index >= 15 is 0 Å². The lowest BCUT2D eigenvalue weighted by molar-refractivity contribution is -0.0973. The summed E-state index contributed by atoms with van der Waals surface area (Å²) < 4.78 is 55.7. The zero-order valence-electron chi connectivity index (χ0n) is 26.7. The predicted molar refractivity (Wildman–Crippen MR) is 152 cm³/mol. The first kappa shape index (κ1) is 39.0. The second-order valence-corrected chi connectivity index (χ2v) is 10.3. The van der Waals surface area contributed by atoms with E-state index in [9.17, 15) is 4.79 Å². The van der Waals surface area contributed by atoms with E-state index in [0.717, 1.165) is 0 Å². The molecule has 0 spiro atoms. The predicted octanol–water partition coefficient (Wildman–Crippen LogP) is 4.42. The highest BCUT2D eigenvalue weighted by molar-refractivity contribution is 5.60. The van der Waals surface area contributed by atoms with Gasteiger partial charge in [0.2, 0.25) is 0 Å². The van der Waals surface area contributed by atoms with Gasteiger partial charge in [-0.15, -0.1) is 0 Å². The van der Waals surface area contributed by atoms with E-state index in [1.165, 1.54) is 0 Å². The summed E-state index contributed by atoms with van der Waals surface area (Å²) in [7, 11) is 0. The maximum atomic E-state index is 12.1. The molecule has 8 atom stereocenters. The van der Waals surface area contributed by atoms with Gasteiger partial charge in [0.25, 0.3) is 0 Å². The van der Waals surface area contributed by atoms with Crippen molar-refractivity contribution < 1.29 is 52.2 Å². The topological polar surface area (TPSA) is 109 Å². The van der Waals surface area contributed by atoms with Gasteiger partial charge in [0.1, 0.15) is 12.2 Å². The second kappa shape index (κ2) is 24.5. The first-order chi connectivity index (χ1) is 19.0. The smallest absolute Gasteiger partial charge is 0.429 e. The average Bonchev–Trinajstić information content (AvgIpc) is 2.91. The van der Waals surface area contributed by atoms with E-state index in [1.807, 2.05) is 55.4 Å². The Balaban J connectivity index is 3.96. The highest BCUT2D eigenvalue weighted by Crippen LogP contribution is 2.06. The van der Waals surface area contributed by atoms with Crippen LogP contribution in [0.1, 0.15) is 69.2 Å². The molecular weight excluding hydrogens is 524 g/mol. The van der Waals surface area contributed by atoms with Gasteiger partial charge in [-0.2, -0.15) is 0 Å². The van der Waals surface area contributed by atoms with E-state index < -0.39 is 18.4 Å². The summed E-state index contributed by atoms with van der Waals surface area (Å²) in [5.74, 6) is 0. The van der Waals surface area contributed by atoms with Crippen LogP contribution < -0.4 is 0 Å². The number of rotatable bonds is 26. The molecule has 240 valence electrons. The Morgan fingerprint density at radius 1 is 0.400 bits per heavy atom. The summed E-state index contributed by atoms with van der Waals surface area (Å²) in [6.07, 6.45) is -2.18. The standard InChI is InChI=1S/C29H58O11/c1-11-31-13-21(3)33-15-23(5)35-17-25(7)37-19-27(9)39-29(30)40-28(10)20-38-26(8)18-36-24(6)16-34-22(4)14-32-12-2/h21-28H,11-20H2,1-10H3. The second-order valence-electron chi connectivity index (χ2n) is 10.3. The van der Waals surface area contributed by atoms with Crippen molar-refractivity contribution in [2.75, 3.05) is 66.1 Å². The Bertz CT molecular complexity index is 546. The Labute approximate surface area is 242 Å². The van der Waals surface area contributed by atoms with E-state index in [0.29, 0.717) is 52.9 Å². The average molecular weight is 583 g/mol. The third-order valence-electron chi connectivity index (χ3n) is 5.40. The molecule has 11 heteroatoms. The fraction of sp³-hybridized carbons (Fsp3) is 0.966. The molecule has 0 fully saturated rings. The summed E-state index contributed by atoms with van der Waals surface area (Å²) in [6.45, 7) is 23.7. The van der Waals surface area contributed by atoms with Crippen molar-refractivity contribution in [2.45, 2.75) is 118 Å². The molecule has 0 N–H and O–H groups in total. The molecule has 0 aliphatic heterocycles. The van der Waals surface area contributed by atoms with Crippen LogP contribution in [-0.2, 0) is 47.4 Å². The van der Waals surface area contributed by atoms with Crippen molar-refractivity contribution in [1.82, 2.24) is 0 Å². The number of hydrogen-bond acceptors (Lipinski definition) is 11. The lowest BCUT2D eigenvalue weighted by atomic mass is 10.3. The van der Waals surface area contributed by atoms with Gasteiger partial charge in [-0.1, -0.05) is 0 Å². The first-order valence-electron chi connectivity index (χ1n) is 14.7. The molecule has 40 heavy (non-hydrogen) atoms. The Morgan fingerprint density at radius 2 is 0.625 bits per heavy atom. The third kappa shape index (κ3) is 23.6. The molecule has 0 aromatic rings. The van der Waals surface area contributed by atoms with Crippen molar-refractivity contribution in [2.24, 2.45) is 0 Å². The molecule has 0 aromatic heterocycles. The maximum absolute atomic E-state index is 12.1. The van der Waals surface area contributed by atoms with Crippen LogP contribution in [0.2, 0.25) is 0 Å². The van der Waals surface area contributed by atoms with Crippen LogP contribution in [0.25, 0.3) is 0 Å². The van der Waals surface area contributed by atoms with Crippen molar-refractivity contribution in [3.8, 4) is 0 Å². The van der Waals surface area contributed by atoms with E-state index in [4.69, 9.17) is 47.4 Å². The maximum Gasteiger partial charge on any atom is 0.508 e. The summed E-state index contributed by atoms with van der Waals surface area (Å²) in [5.41, 5.74) is 0. The van der Waals surface area contributed by atoms with Crippen LogP contribution in [-0.4, -0.2) is 121 Å². The summed E-state index contributed by atoms with van der Waals surface area (Å²) in [5, 5.41) is 0. The van der Waals surface area contributed by atoms with Crippen LogP contribution >= 0.6 is 0 Å². The molecule has 0 saturated heterocycles. The quantitative estimate of drug-likeness (QED) is 0.135. The van der Waals surface area contributed by atoms with Gasteiger partial charge in [-0.3, -0.25) is 0 Å². The van der Waals surface area contributed by atoms with Gasteiger partial charge in [0.15, 0.2) is 0 Å². The molecule has 0 saturated carbocycles. The molecule has 0 amide bonds. The molecule has 11 nitrogen and oxygen atoms in total. The first-order valence-corrected chi connectivity index (χ1v) is 14.7. The number of ether oxygens (including phenoxy) is 10. The largest absolute Gasteiger partial charge is 0.508 e. The van der Waals surface area contributed by atoms with Gasteiger partial charge < -0.3 is 47.4 Å². The monoisotopic (exact) mass is 582 g/mol. The SMILES string of the molecule is CCOCC(C)OCC(C)OCC(C)OCC(C)OC(=O)OC(C)COC(C)COC(C)COC(C)COCC. The summed E-state index contributed by atoms with van der Waals surface area (Å²) in [6, 6.07) is 0. The van der Waals surface area contributed by atoms with Crippen molar-refractivity contribution in [1.29, 1.82) is 0 Å². The minimum Gasteiger partial charge on any atom is -0.429 e. The van der Waals surface area contributed by atoms with Gasteiger partial charge in [0.05, 0.1) is 89.5 Å². The zero-order chi connectivity index (χ0) is 30.3. The van der Waals surface area contributed by atoms with E-state index in [2.05, 4.69) is 0 Å². The Morgan fingerprint density at radius 3 is 0.875 bits per heavy atom. The minimum absolute atomic E-state index is 0.0174. The Kier molecular flexibility index (Phi) is 23.9. The lowest BCUT2D eigenvalue weighted by Gasteiger charge is -2.22. The van der Waals surface area contributed by atoms with Gasteiger partial charge in [-0.05, 0) is 69.2 Å². The van der Waals surface area contributed by atoms with Gasteiger partial charge in [0, 0.05) is 13.2 Å². The molecule has 0 aliphatic carbocycles. The van der Waals surface area contributed by atoms with Gasteiger partial charge in [-0.25, -0.2) is 4.79 Å². The molecule has 0 rings (SSSR count). The summed E-state index contributed by atoms with van der Waals surface area (Å²) >= 11 is 0. The fourth-order valence-corrected chi connectivity index (χ4v) is 3.08. The van der Waals surface area contributed by atoms with Crippen LogP contribution in [0.15, 0.2) is 0 Å². The van der Waals surface area contributed by atoms with Crippen LogP contribution in [0.5, 0.6) is 0 Å².